The van der Waals surface area contributed by atoms with Gasteiger partial charge in [0.15, 0.2) is 0 Å². The first-order valence-electron chi connectivity index (χ1n) is 5.95. The highest BCUT2D eigenvalue weighted by atomic mass is 35.5. The van der Waals surface area contributed by atoms with Crippen molar-refractivity contribution >= 4 is 11.6 Å². The fourth-order valence-electron chi connectivity index (χ4n) is 1.94. The molecule has 1 heterocycles. The summed E-state index contributed by atoms with van der Waals surface area (Å²) >= 11 is 6.04. The first kappa shape index (κ1) is 14.9. The Balaban J connectivity index is 2.39. The zero-order chi connectivity index (χ0) is 14.7. The first-order chi connectivity index (χ1) is 9.54. The largest absolute Gasteiger partial charge is 0.383 e. The Morgan fingerprint density at radius 1 is 1.45 bits per heavy atom. The van der Waals surface area contributed by atoms with Crippen molar-refractivity contribution < 1.29 is 13.5 Å². The van der Waals surface area contributed by atoms with Crippen molar-refractivity contribution in [2.45, 2.75) is 12.6 Å². The van der Waals surface area contributed by atoms with Crippen LogP contribution in [0, 0.1) is 11.6 Å². The number of nitrogens with two attached hydrogens (primary N) is 1. The molecule has 0 bridgehead atoms. The van der Waals surface area contributed by atoms with Gasteiger partial charge in [0, 0.05) is 12.7 Å². The highest BCUT2D eigenvalue weighted by Crippen LogP contribution is 2.28. The minimum absolute atomic E-state index is 0.0334. The van der Waals surface area contributed by atoms with Gasteiger partial charge in [0.05, 0.1) is 36.1 Å². The van der Waals surface area contributed by atoms with E-state index >= 15 is 0 Å². The second kappa shape index (κ2) is 6.30. The molecule has 7 heteroatoms. The van der Waals surface area contributed by atoms with E-state index in [0.29, 0.717) is 23.9 Å². The molecule has 0 aliphatic rings. The Labute approximate surface area is 120 Å². The molecular weight excluding hydrogens is 288 g/mol. The highest BCUT2D eigenvalue weighted by molar-refractivity contribution is 6.31. The van der Waals surface area contributed by atoms with Gasteiger partial charge in [0.2, 0.25) is 0 Å². The molecule has 0 aliphatic carbocycles. The maximum absolute atomic E-state index is 13.8. The van der Waals surface area contributed by atoms with Gasteiger partial charge in [0.1, 0.15) is 11.6 Å². The summed E-state index contributed by atoms with van der Waals surface area (Å²) in [7, 11) is 1.55. The molecule has 2 rings (SSSR count). The van der Waals surface area contributed by atoms with Gasteiger partial charge in [-0.3, -0.25) is 4.68 Å². The van der Waals surface area contributed by atoms with E-state index in [1.165, 1.54) is 10.9 Å². The number of hydrogen-bond donors (Lipinski definition) is 1. The molecule has 0 radical (unpaired) electrons. The quantitative estimate of drug-likeness (QED) is 0.923. The zero-order valence-electron chi connectivity index (χ0n) is 10.8. The van der Waals surface area contributed by atoms with Gasteiger partial charge in [-0.2, -0.15) is 5.10 Å². The van der Waals surface area contributed by atoms with Gasteiger partial charge in [-0.15, -0.1) is 0 Å². The monoisotopic (exact) mass is 301 g/mol. The minimum Gasteiger partial charge on any atom is -0.383 e. The predicted molar refractivity (Wildman–Crippen MR) is 71.5 cm³/mol. The second-order valence-corrected chi connectivity index (χ2v) is 4.64. The summed E-state index contributed by atoms with van der Waals surface area (Å²) in [5, 5.41) is 4.36. The number of methoxy groups -OCH3 is 1. The van der Waals surface area contributed by atoms with E-state index in [-0.39, 0.29) is 5.56 Å². The summed E-state index contributed by atoms with van der Waals surface area (Å²) in [6.07, 6.45) is 1.42. The molecule has 4 nitrogen and oxygen atoms in total. The summed E-state index contributed by atoms with van der Waals surface area (Å²) < 4.78 is 33.5. The maximum Gasteiger partial charge on any atom is 0.128 e. The lowest BCUT2D eigenvalue weighted by molar-refractivity contribution is 0.182. The molecule has 0 aliphatic heterocycles. The average molecular weight is 302 g/mol. The number of hydrogen-bond acceptors (Lipinski definition) is 3. The smallest absolute Gasteiger partial charge is 0.128 e. The number of rotatable bonds is 5. The molecule has 1 unspecified atom stereocenters. The third-order valence-electron chi connectivity index (χ3n) is 2.93. The molecule has 1 atom stereocenters. The van der Waals surface area contributed by atoms with Crippen LogP contribution in [0.3, 0.4) is 0 Å². The molecule has 108 valence electrons. The van der Waals surface area contributed by atoms with Crippen LogP contribution in [0.5, 0.6) is 0 Å². The first-order valence-corrected chi connectivity index (χ1v) is 6.33. The number of aromatic nitrogens is 2. The molecule has 0 saturated heterocycles. The Morgan fingerprint density at radius 3 is 2.90 bits per heavy atom. The lowest BCUT2D eigenvalue weighted by Gasteiger charge is -2.16. The molecule has 0 fully saturated rings. The van der Waals surface area contributed by atoms with Crippen molar-refractivity contribution in [3.8, 4) is 0 Å². The van der Waals surface area contributed by atoms with Crippen LogP contribution < -0.4 is 5.73 Å². The topological polar surface area (TPSA) is 53.1 Å². The normalized spacial score (nSPS) is 12.7. The van der Waals surface area contributed by atoms with Crippen molar-refractivity contribution in [1.29, 1.82) is 0 Å². The van der Waals surface area contributed by atoms with E-state index in [0.717, 1.165) is 18.2 Å². The number of halogens is 3. The van der Waals surface area contributed by atoms with Crippen molar-refractivity contribution in [3.63, 3.8) is 0 Å². The lowest BCUT2D eigenvalue weighted by Crippen LogP contribution is -2.20. The van der Waals surface area contributed by atoms with E-state index in [4.69, 9.17) is 22.1 Å². The van der Waals surface area contributed by atoms with Crippen molar-refractivity contribution in [2.24, 2.45) is 5.73 Å². The molecule has 0 amide bonds. The van der Waals surface area contributed by atoms with Crippen LogP contribution in [0.4, 0.5) is 8.78 Å². The fourth-order valence-corrected chi connectivity index (χ4v) is 2.20. The SMILES string of the molecule is COCCn1ncc(Cl)c1C(N)c1cc(F)ccc1F. The van der Waals surface area contributed by atoms with E-state index in [9.17, 15) is 8.78 Å². The highest BCUT2D eigenvalue weighted by Gasteiger charge is 2.21. The van der Waals surface area contributed by atoms with Crippen LogP contribution in [0.1, 0.15) is 17.3 Å². The summed E-state index contributed by atoms with van der Waals surface area (Å²) in [5.74, 6) is -1.15. The number of ether oxygens (including phenoxy) is 1. The fraction of sp³-hybridized carbons (Fsp3) is 0.308. The number of benzene rings is 1. The van der Waals surface area contributed by atoms with Crippen molar-refractivity contribution in [2.75, 3.05) is 13.7 Å². The van der Waals surface area contributed by atoms with Crippen LogP contribution in [-0.4, -0.2) is 23.5 Å². The van der Waals surface area contributed by atoms with E-state index in [1.54, 1.807) is 7.11 Å². The number of nitrogens with zero attached hydrogens (tertiary/aromatic N) is 2. The summed E-state index contributed by atoms with van der Waals surface area (Å²) in [4.78, 5) is 0. The third kappa shape index (κ3) is 2.98. The van der Waals surface area contributed by atoms with E-state index in [2.05, 4.69) is 5.10 Å². The molecule has 1 aromatic carbocycles. The lowest BCUT2D eigenvalue weighted by atomic mass is 10.0. The summed E-state index contributed by atoms with van der Waals surface area (Å²) in [6, 6.07) is 2.23. The van der Waals surface area contributed by atoms with Gasteiger partial charge < -0.3 is 10.5 Å². The Hall–Kier alpha value is -1.50. The van der Waals surface area contributed by atoms with Crippen LogP contribution in [0.2, 0.25) is 5.02 Å². The van der Waals surface area contributed by atoms with Gasteiger partial charge in [0.25, 0.3) is 0 Å². The zero-order valence-corrected chi connectivity index (χ0v) is 11.6. The van der Waals surface area contributed by atoms with Gasteiger partial charge in [-0.1, -0.05) is 11.6 Å². The van der Waals surface area contributed by atoms with Crippen LogP contribution in [-0.2, 0) is 11.3 Å². The van der Waals surface area contributed by atoms with Crippen molar-refractivity contribution in [3.05, 3.63) is 52.3 Å². The Kier molecular flexibility index (Phi) is 4.69. The molecule has 20 heavy (non-hydrogen) atoms. The third-order valence-corrected chi connectivity index (χ3v) is 3.22. The summed E-state index contributed by atoms with van der Waals surface area (Å²) in [5.41, 5.74) is 6.47. The molecular formula is C13H14ClF2N3O. The van der Waals surface area contributed by atoms with Gasteiger partial charge in [-0.05, 0) is 18.2 Å². The molecule has 2 aromatic rings. The van der Waals surface area contributed by atoms with E-state index in [1.807, 2.05) is 0 Å². The second-order valence-electron chi connectivity index (χ2n) is 4.24. The van der Waals surface area contributed by atoms with E-state index < -0.39 is 17.7 Å². The van der Waals surface area contributed by atoms with Crippen LogP contribution in [0.25, 0.3) is 0 Å². The van der Waals surface area contributed by atoms with Crippen LogP contribution >= 0.6 is 11.6 Å². The van der Waals surface area contributed by atoms with Gasteiger partial charge >= 0.3 is 0 Å². The average Bonchev–Trinajstić information content (AvgIpc) is 2.79. The molecule has 2 N–H and O–H groups in total. The van der Waals surface area contributed by atoms with Gasteiger partial charge in [-0.25, -0.2) is 8.78 Å². The maximum atomic E-state index is 13.8. The molecule has 0 saturated carbocycles. The summed E-state index contributed by atoms with van der Waals surface area (Å²) in [6.45, 7) is 0.826. The van der Waals surface area contributed by atoms with Crippen molar-refractivity contribution in [1.82, 2.24) is 9.78 Å². The van der Waals surface area contributed by atoms with Crippen LogP contribution in [0.15, 0.2) is 24.4 Å². The Bertz CT molecular complexity index is 603. The molecule has 1 aromatic heterocycles. The minimum atomic E-state index is -0.905. The molecule has 0 spiro atoms. The predicted octanol–water partition coefficient (Wildman–Crippen LogP) is 2.51. The Morgan fingerprint density at radius 2 is 2.20 bits per heavy atom. The standard InChI is InChI=1S/C13H14ClF2N3O/c1-20-5-4-19-13(10(14)7-18-19)12(17)9-6-8(15)2-3-11(9)16/h2-3,6-7,12H,4-5,17H2,1H3.